The van der Waals surface area contributed by atoms with Crippen molar-refractivity contribution in [2.45, 2.75) is 65.2 Å². The Bertz CT molecular complexity index is 205. The van der Waals surface area contributed by atoms with Crippen molar-refractivity contribution in [3.8, 4) is 0 Å². The topological polar surface area (TPSA) is 26.0 Å². The van der Waals surface area contributed by atoms with Crippen molar-refractivity contribution in [1.82, 2.24) is 0 Å². The quantitative estimate of drug-likeness (QED) is 0.753. The van der Waals surface area contributed by atoms with Crippen LogP contribution in [0.3, 0.4) is 0 Å². The molecular formula is C14H27N. The number of hydrogen-bond donors (Lipinski definition) is 1. The van der Waals surface area contributed by atoms with Crippen molar-refractivity contribution in [3.05, 3.63) is 0 Å². The third kappa shape index (κ3) is 2.22. The van der Waals surface area contributed by atoms with Gasteiger partial charge in [-0.15, -0.1) is 0 Å². The first-order valence-electron chi connectivity index (χ1n) is 6.78. The minimum Gasteiger partial charge on any atom is -0.330 e. The van der Waals surface area contributed by atoms with E-state index in [0.29, 0.717) is 10.8 Å². The smallest absolute Gasteiger partial charge is 0.00719 e. The van der Waals surface area contributed by atoms with Crippen LogP contribution in [-0.2, 0) is 0 Å². The molecule has 0 spiro atoms. The molecule has 0 radical (unpaired) electrons. The molecule has 0 aliphatic heterocycles. The Balaban J connectivity index is 1.93. The molecule has 0 atom stereocenters. The summed E-state index contributed by atoms with van der Waals surface area (Å²) in [6, 6.07) is 0. The van der Waals surface area contributed by atoms with Gasteiger partial charge in [-0.05, 0) is 68.2 Å². The molecule has 0 aromatic heterocycles. The Morgan fingerprint density at radius 3 is 2.07 bits per heavy atom. The van der Waals surface area contributed by atoms with Crippen molar-refractivity contribution in [2.24, 2.45) is 22.5 Å². The SMILES string of the molecule is CC1(C)CCC(C2(CCN)CCC2)CC1. The summed E-state index contributed by atoms with van der Waals surface area (Å²) in [7, 11) is 0. The standard InChI is InChI=1S/C14H27N/c1-13(2)8-4-12(5-9-13)14(10-11-15)6-3-7-14/h12H,3-11,15H2,1-2H3. The van der Waals surface area contributed by atoms with E-state index < -0.39 is 0 Å². The molecule has 1 heteroatoms. The van der Waals surface area contributed by atoms with Crippen LogP contribution in [0.1, 0.15) is 65.2 Å². The molecule has 2 saturated carbocycles. The zero-order chi connectivity index (χ0) is 10.9. The van der Waals surface area contributed by atoms with Crippen LogP contribution in [0.25, 0.3) is 0 Å². The van der Waals surface area contributed by atoms with Crippen LogP contribution in [-0.4, -0.2) is 6.54 Å². The summed E-state index contributed by atoms with van der Waals surface area (Å²) in [5.74, 6) is 1.00. The largest absolute Gasteiger partial charge is 0.330 e. The molecule has 1 nitrogen and oxygen atoms in total. The second-order valence-corrected chi connectivity index (χ2v) is 6.69. The van der Waals surface area contributed by atoms with Gasteiger partial charge in [0.1, 0.15) is 0 Å². The minimum atomic E-state index is 0.615. The highest BCUT2D eigenvalue weighted by molar-refractivity contribution is 4.96. The predicted octanol–water partition coefficient (Wildman–Crippen LogP) is 3.72. The monoisotopic (exact) mass is 209 g/mol. The summed E-state index contributed by atoms with van der Waals surface area (Å²) in [5.41, 5.74) is 7.09. The zero-order valence-electron chi connectivity index (χ0n) is 10.5. The van der Waals surface area contributed by atoms with E-state index in [9.17, 15) is 0 Å². The predicted molar refractivity (Wildman–Crippen MR) is 65.7 cm³/mol. The molecule has 0 amide bonds. The summed E-state index contributed by atoms with van der Waals surface area (Å²) in [6.45, 7) is 5.76. The molecule has 0 heterocycles. The van der Waals surface area contributed by atoms with Crippen LogP contribution >= 0.6 is 0 Å². The lowest BCUT2D eigenvalue weighted by atomic mass is 9.54. The van der Waals surface area contributed by atoms with E-state index >= 15 is 0 Å². The second-order valence-electron chi connectivity index (χ2n) is 6.69. The van der Waals surface area contributed by atoms with Crippen LogP contribution < -0.4 is 5.73 Å². The summed E-state index contributed by atoms with van der Waals surface area (Å²) in [6.07, 6.45) is 11.5. The molecule has 0 bridgehead atoms. The van der Waals surface area contributed by atoms with E-state index in [4.69, 9.17) is 5.73 Å². The van der Waals surface area contributed by atoms with Gasteiger partial charge in [0.15, 0.2) is 0 Å². The lowest BCUT2D eigenvalue weighted by Crippen LogP contribution is -2.41. The summed E-state index contributed by atoms with van der Waals surface area (Å²) >= 11 is 0. The molecule has 2 aliphatic rings. The van der Waals surface area contributed by atoms with E-state index in [0.717, 1.165) is 12.5 Å². The van der Waals surface area contributed by atoms with Crippen molar-refractivity contribution in [3.63, 3.8) is 0 Å². The van der Waals surface area contributed by atoms with Gasteiger partial charge in [0.05, 0.1) is 0 Å². The molecular weight excluding hydrogens is 182 g/mol. The minimum absolute atomic E-state index is 0.615. The van der Waals surface area contributed by atoms with Crippen LogP contribution in [0.15, 0.2) is 0 Å². The molecule has 0 unspecified atom stereocenters. The van der Waals surface area contributed by atoms with Gasteiger partial charge in [-0.1, -0.05) is 20.3 Å². The van der Waals surface area contributed by atoms with Crippen LogP contribution in [0.5, 0.6) is 0 Å². The first-order chi connectivity index (χ1) is 7.08. The molecule has 2 rings (SSSR count). The maximum atomic E-state index is 5.78. The van der Waals surface area contributed by atoms with E-state index in [-0.39, 0.29) is 0 Å². The average Bonchev–Trinajstić information content (AvgIpc) is 2.12. The Morgan fingerprint density at radius 1 is 1.07 bits per heavy atom. The Hall–Kier alpha value is -0.0400. The summed E-state index contributed by atoms with van der Waals surface area (Å²) < 4.78 is 0. The van der Waals surface area contributed by atoms with E-state index in [2.05, 4.69) is 13.8 Å². The van der Waals surface area contributed by atoms with Gasteiger partial charge < -0.3 is 5.73 Å². The van der Waals surface area contributed by atoms with Crippen molar-refractivity contribution < 1.29 is 0 Å². The Kier molecular flexibility index (Phi) is 3.12. The Morgan fingerprint density at radius 2 is 1.67 bits per heavy atom. The van der Waals surface area contributed by atoms with E-state index in [1.165, 1.54) is 51.4 Å². The first kappa shape index (κ1) is 11.4. The number of rotatable bonds is 3. The van der Waals surface area contributed by atoms with Crippen molar-refractivity contribution in [2.75, 3.05) is 6.54 Å². The van der Waals surface area contributed by atoms with Gasteiger partial charge >= 0.3 is 0 Å². The summed E-state index contributed by atoms with van der Waals surface area (Å²) in [5, 5.41) is 0. The van der Waals surface area contributed by atoms with Crippen molar-refractivity contribution in [1.29, 1.82) is 0 Å². The Labute approximate surface area is 94.8 Å². The fourth-order valence-corrected chi connectivity index (χ4v) is 3.79. The molecule has 0 aromatic rings. The third-order valence-corrected chi connectivity index (χ3v) is 5.20. The van der Waals surface area contributed by atoms with E-state index in [1.54, 1.807) is 0 Å². The van der Waals surface area contributed by atoms with Crippen LogP contribution in [0.2, 0.25) is 0 Å². The molecule has 15 heavy (non-hydrogen) atoms. The molecule has 2 N–H and O–H groups in total. The lowest BCUT2D eigenvalue weighted by Gasteiger charge is -2.51. The fourth-order valence-electron chi connectivity index (χ4n) is 3.79. The highest BCUT2D eigenvalue weighted by atomic mass is 14.6. The molecule has 2 fully saturated rings. The molecule has 88 valence electrons. The van der Waals surface area contributed by atoms with Crippen molar-refractivity contribution >= 4 is 0 Å². The van der Waals surface area contributed by atoms with Gasteiger partial charge in [-0.2, -0.15) is 0 Å². The average molecular weight is 209 g/mol. The van der Waals surface area contributed by atoms with Gasteiger partial charge in [0.2, 0.25) is 0 Å². The lowest BCUT2D eigenvalue weighted by molar-refractivity contribution is -0.00128. The highest BCUT2D eigenvalue weighted by Crippen LogP contribution is 2.56. The third-order valence-electron chi connectivity index (χ3n) is 5.20. The molecule has 0 saturated heterocycles. The first-order valence-corrected chi connectivity index (χ1v) is 6.78. The van der Waals surface area contributed by atoms with E-state index in [1.807, 2.05) is 0 Å². The fraction of sp³-hybridized carbons (Fsp3) is 1.00. The maximum Gasteiger partial charge on any atom is -0.00719 e. The highest BCUT2D eigenvalue weighted by Gasteiger charge is 2.44. The van der Waals surface area contributed by atoms with Gasteiger partial charge in [0.25, 0.3) is 0 Å². The summed E-state index contributed by atoms with van der Waals surface area (Å²) in [4.78, 5) is 0. The van der Waals surface area contributed by atoms with Gasteiger partial charge in [-0.3, -0.25) is 0 Å². The molecule has 0 aromatic carbocycles. The number of hydrogen-bond acceptors (Lipinski definition) is 1. The number of nitrogens with two attached hydrogens (primary N) is 1. The van der Waals surface area contributed by atoms with Crippen LogP contribution in [0.4, 0.5) is 0 Å². The van der Waals surface area contributed by atoms with Gasteiger partial charge in [-0.25, -0.2) is 0 Å². The van der Waals surface area contributed by atoms with Crippen LogP contribution in [0, 0.1) is 16.7 Å². The zero-order valence-corrected chi connectivity index (χ0v) is 10.5. The second kappa shape index (κ2) is 4.08. The molecule has 2 aliphatic carbocycles. The normalized spacial score (nSPS) is 29.8. The maximum absolute atomic E-state index is 5.78. The van der Waals surface area contributed by atoms with Gasteiger partial charge in [0, 0.05) is 0 Å².